The summed E-state index contributed by atoms with van der Waals surface area (Å²) in [5.74, 6) is 2.69. The third-order valence-corrected chi connectivity index (χ3v) is 7.24. The van der Waals surface area contributed by atoms with Crippen LogP contribution in [0.15, 0.2) is 57.9 Å². The maximum absolute atomic E-state index is 13.3. The smallest absolute Gasteiger partial charge is 0.254 e. The number of ether oxygens (including phenoxy) is 2. The largest absolute Gasteiger partial charge is 0.486 e. The number of fused-ring (bicyclic) bond motifs is 1. The topological polar surface area (TPSA) is 81.9 Å². The predicted molar refractivity (Wildman–Crippen MR) is 128 cm³/mol. The molecule has 3 heterocycles. The fraction of sp³-hybridized carbons (Fsp3) is 0.346. The van der Waals surface area contributed by atoms with Crippen LogP contribution in [0.3, 0.4) is 0 Å². The average Bonchev–Trinajstić information content (AvgIpc) is 3.31. The number of carbonyl (C=O) groups is 2. The van der Waals surface area contributed by atoms with Gasteiger partial charge in [-0.05, 0) is 50.1 Å². The number of hydrogen-bond acceptors (Lipinski definition) is 7. The number of ketones is 1. The predicted octanol–water partition coefficient (Wildman–Crippen LogP) is 4.78. The molecular weight excluding hydrogens is 452 g/mol. The van der Waals surface area contributed by atoms with Crippen LogP contribution >= 0.6 is 11.8 Å². The molecule has 0 unspecified atom stereocenters. The van der Waals surface area contributed by atoms with E-state index in [1.807, 2.05) is 42.2 Å². The van der Waals surface area contributed by atoms with E-state index < -0.39 is 0 Å². The SMILES string of the molecule is Cc1cc(CSc2ccccc2C(=O)N2CCC(C(=O)c3ccc4c(c3)OCCO4)CC2)on1. The summed E-state index contributed by atoms with van der Waals surface area (Å²) in [6, 6.07) is 14.9. The van der Waals surface area contributed by atoms with Gasteiger partial charge in [-0.3, -0.25) is 9.59 Å². The summed E-state index contributed by atoms with van der Waals surface area (Å²) in [5, 5.41) is 3.92. The molecule has 7 nitrogen and oxygen atoms in total. The van der Waals surface area contributed by atoms with Crippen molar-refractivity contribution in [2.75, 3.05) is 26.3 Å². The summed E-state index contributed by atoms with van der Waals surface area (Å²) in [7, 11) is 0. The van der Waals surface area contributed by atoms with Crippen molar-refractivity contribution in [2.45, 2.75) is 30.4 Å². The molecule has 0 radical (unpaired) electrons. The van der Waals surface area contributed by atoms with E-state index in [1.54, 1.807) is 30.0 Å². The van der Waals surface area contributed by atoms with Gasteiger partial charge >= 0.3 is 0 Å². The van der Waals surface area contributed by atoms with Crippen LogP contribution in [0.1, 0.15) is 45.0 Å². The van der Waals surface area contributed by atoms with Gasteiger partial charge in [-0.25, -0.2) is 0 Å². The third-order valence-electron chi connectivity index (χ3n) is 6.14. The molecule has 2 aromatic carbocycles. The Morgan fingerprint density at radius 2 is 1.79 bits per heavy atom. The van der Waals surface area contributed by atoms with Crippen LogP contribution in [-0.4, -0.2) is 48.1 Å². The van der Waals surface area contributed by atoms with Gasteiger partial charge in [0.1, 0.15) is 19.0 Å². The Morgan fingerprint density at radius 1 is 1.03 bits per heavy atom. The first kappa shape index (κ1) is 22.5. The number of carbonyl (C=O) groups excluding carboxylic acids is 2. The molecule has 176 valence electrons. The quantitative estimate of drug-likeness (QED) is 0.372. The number of aryl methyl sites for hydroxylation is 1. The molecule has 8 heteroatoms. The zero-order valence-corrected chi connectivity index (χ0v) is 19.8. The lowest BCUT2D eigenvalue weighted by Gasteiger charge is -2.32. The number of piperidine rings is 1. The molecule has 0 saturated carbocycles. The molecule has 0 spiro atoms. The zero-order valence-electron chi connectivity index (χ0n) is 19.0. The standard InChI is InChI=1S/C26H26N2O5S/c1-17-14-20(33-27-17)16-34-24-5-3-2-4-21(24)26(30)28-10-8-18(9-11-28)25(29)19-6-7-22-23(15-19)32-13-12-31-22/h2-7,14-15,18H,8-13,16H2,1H3. The first-order valence-corrected chi connectivity index (χ1v) is 12.4. The van der Waals surface area contributed by atoms with Crippen molar-refractivity contribution in [2.24, 2.45) is 5.92 Å². The molecule has 1 saturated heterocycles. The Kier molecular flexibility index (Phi) is 6.58. The van der Waals surface area contributed by atoms with Gasteiger partial charge < -0.3 is 18.9 Å². The van der Waals surface area contributed by atoms with E-state index in [4.69, 9.17) is 14.0 Å². The molecule has 0 atom stereocenters. The fourth-order valence-corrected chi connectivity index (χ4v) is 5.27. The molecule has 34 heavy (non-hydrogen) atoms. The highest BCUT2D eigenvalue weighted by Crippen LogP contribution is 2.33. The second-order valence-electron chi connectivity index (χ2n) is 8.51. The van der Waals surface area contributed by atoms with Crippen LogP contribution < -0.4 is 9.47 Å². The number of nitrogens with zero attached hydrogens (tertiary/aromatic N) is 2. The van der Waals surface area contributed by atoms with Gasteiger partial charge in [0.05, 0.1) is 17.0 Å². The van der Waals surface area contributed by atoms with Gasteiger partial charge in [0.25, 0.3) is 5.91 Å². The molecule has 0 aliphatic carbocycles. The van der Waals surface area contributed by atoms with E-state index in [1.165, 1.54) is 0 Å². The highest BCUT2D eigenvalue weighted by Gasteiger charge is 2.30. The summed E-state index contributed by atoms with van der Waals surface area (Å²) >= 11 is 1.56. The van der Waals surface area contributed by atoms with Crippen molar-refractivity contribution in [1.29, 1.82) is 0 Å². The minimum absolute atomic E-state index is 0.00192. The van der Waals surface area contributed by atoms with Gasteiger partial charge in [-0.2, -0.15) is 0 Å². The number of likely N-dealkylation sites (tertiary alicyclic amines) is 1. The number of aromatic nitrogens is 1. The van der Waals surface area contributed by atoms with Crippen LogP contribution in [0.25, 0.3) is 0 Å². The van der Waals surface area contributed by atoms with Crippen LogP contribution in [0.5, 0.6) is 11.5 Å². The van der Waals surface area contributed by atoms with Gasteiger partial charge in [-0.15, -0.1) is 11.8 Å². The Hall–Kier alpha value is -3.26. The Balaban J connectivity index is 1.21. The normalized spacial score (nSPS) is 15.9. The molecule has 1 amide bonds. The summed E-state index contributed by atoms with van der Waals surface area (Å²) in [5.41, 5.74) is 2.16. The van der Waals surface area contributed by atoms with Crippen molar-refractivity contribution in [3.8, 4) is 11.5 Å². The van der Waals surface area contributed by atoms with E-state index in [0.29, 0.717) is 67.5 Å². The van der Waals surface area contributed by atoms with Gasteiger partial charge in [0, 0.05) is 35.5 Å². The van der Waals surface area contributed by atoms with Crippen molar-refractivity contribution in [1.82, 2.24) is 10.1 Å². The van der Waals surface area contributed by atoms with Gasteiger partial charge in [-0.1, -0.05) is 17.3 Å². The first-order valence-electron chi connectivity index (χ1n) is 11.5. The number of thioether (sulfide) groups is 1. The van der Waals surface area contributed by atoms with E-state index in [0.717, 1.165) is 16.3 Å². The molecule has 3 aromatic rings. The van der Waals surface area contributed by atoms with Gasteiger partial charge in [0.2, 0.25) is 0 Å². The van der Waals surface area contributed by atoms with Crippen molar-refractivity contribution in [3.05, 3.63) is 71.1 Å². The van der Waals surface area contributed by atoms with Crippen LogP contribution in [0.4, 0.5) is 0 Å². The Morgan fingerprint density at radius 3 is 2.56 bits per heavy atom. The highest BCUT2D eigenvalue weighted by molar-refractivity contribution is 7.98. The Bertz CT molecular complexity index is 1200. The van der Waals surface area contributed by atoms with Crippen molar-refractivity contribution < 1.29 is 23.6 Å². The molecule has 1 fully saturated rings. The minimum Gasteiger partial charge on any atom is -0.486 e. The Labute approximate surface area is 202 Å². The molecule has 0 N–H and O–H groups in total. The third kappa shape index (κ3) is 4.82. The zero-order chi connectivity index (χ0) is 23.5. The summed E-state index contributed by atoms with van der Waals surface area (Å²) in [4.78, 5) is 29.2. The second kappa shape index (κ2) is 9.93. The number of benzene rings is 2. The molecule has 2 aliphatic rings. The van der Waals surface area contributed by atoms with E-state index in [2.05, 4.69) is 5.16 Å². The molecule has 0 bridgehead atoms. The first-order chi connectivity index (χ1) is 16.6. The van der Waals surface area contributed by atoms with Crippen LogP contribution in [0.2, 0.25) is 0 Å². The maximum atomic E-state index is 13.3. The maximum Gasteiger partial charge on any atom is 0.254 e. The number of rotatable bonds is 6. The summed E-state index contributed by atoms with van der Waals surface area (Å²) < 4.78 is 16.5. The minimum atomic E-state index is -0.106. The highest BCUT2D eigenvalue weighted by atomic mass is 32.2. The monoisotopic (exact) mass is 478 g/mol. The summed E-state index contributed by atoms with van der Waals surface area (Å²) in [6.07, 6.45) is 1.29. The van der Waals surface area contributed by atoms with E-state index in [-0.39, 0.29) is 17.6 Å². The van der Waals surface area contributed by atoms with Crippen molar-refractivity contribution >= 4 is 23.5 Å². The van der Waals surface area contributed by atoms with E-state index >= 15 is 0 Å². The summed E-state index contributed by atoms with van der Waals surface area (Å²) in [6.45, 7) is 4.01. The number of amides is 1. The number of hydrogen-bond donors (Lipinski definition) is 0. The van der Waals surface area contributed by atoms with E-state index in [9.17, 15) is 9.59 Å². The van der Waals surface area contributed by atoms with Gasteiger partial charge in [0.15, 0.2) is 17.3 Å². The van der Waals surface area contributed by atoms with Crippen molar-refractivity contribution in [3.63, 3.8) is 0 Å². The lowest BCUT2D eigenvalue weighted by atomic mass is 9.88. The molecule has 2 aliphatic heterocycles. The lowest BCUT2D eigenvalue weighted by molar-refractivity contribution is 0.0647. The second-order valence-corrected chi connectivity index (χ2v) is 9.53. The number of Topliss-reactive ketones (excluding diaryl/α,β-unsaturated/α-hetero) is 1. The lowest BCUT2D eigenvalue weighted by Crippen LogP contribution is -2.40. The van der Waals surface area contributed by atoms with Crippen LogP contribution in [-0.2, 0) is 5.75 Å². The van der Waals surface area contributed by atoms with Crippen LogP contribution in [0, 0.1) is 12.8 Å². The molecule has 5 rings (SSSR count). The fourth-order valence-electron chi connectivity index (χ4n) is 4.35. The molecular formula is C26H26N2O5S. The molecule has 1 aromatic heterocycles. The average molecular weight is 479 g/mol.